The highest BCUT2D eigenvalue weighted by molar-refractivity contribution is 5.94. The molecular weight excluding hydrogens is 318 g/mol. The van der Waals surface area contributed by atoms with Crippen LogP contribution in [0.25, 0.3) is 0 Å². The number of hydrogen-bond acceptors (Lipinski definition) is 5. The molecule has 1 amide bonds. The first-order valence-electron chi connectivity index (χ1n) is 9.61. The van der Waals surface area contributed by atoms with Gasteiger partial charge in [0.25, 0.3) is 5.91 Å². The van der Waals surface area contributed by atoms with E-state index in [0.29, 0.717) is 5.69 Å². The Morgan fingerprint density at radius 3 is 2.84 bits per heavy atom. The van der Waals surface area contributed by atoms with E-state index in [1.54, 1.807) is 0 Å². The first-order chi connectivity index (χ1) is 12.2. The molecule has 1 saturated carbocycles. The molecule has 3 N–H and O–H groups in total. The van der Waals surface area contributed by atoms with Crippen molar-refractivity contribution in [2.75, 3.05) is 32.8 Å². The Balaban J connectivity index is 1.50. The maximum absolute atomic E-state index is 12.9. The van der Waals surface area contributed by atoms with Crippen molar-refractivity contribution >= 4 is 5.91 Å². The Hall–Kier alpha value is -1.44. The summed E-state index contributed by atoms with van der Waals surface area (Å²) in [6, 6.07) is 0.101. The standard InChI is InChI=1S/C18H29N5O2/c1-13(18(5-2-3-6-18)23-8-10-25-11-9-23)20-17(24)16-14-12-19-7-4-15(14)21-22-16/h13,19H,2-12H2,1H3,(H,20,24)(H,21,22). The van der Waals surface area contributed by atoms with Crippen molar-refractivity contribution in [2.24, 2.45) is 0 Å². The Morgan fingerprint density at radius 2 is 2.08 bits per heavy atom. The van der Waals surface area contributed by atoms with Crippen LogP contribution < -0.4 is 10.6 Å². The first-order valence-corrected chi connectivity index (χ1v) is 9.61. The van der Waals surface area contributed by atoms with E-state index in [1.165, 1.54) is 12.8 Å². The molecule has 1 aromatic heterocycles. The van der Waals surface area contributed by atoms with Crippen LogP contribution in [0.4, 0.5) is 0 Å². The molecule has 0 aromatic carbocycles. The van der Waals surface area contributed by atoms with Gasteiger partial charge in [-0.25, -0.2) is 0 Å². The summed E-state index contributed by atoms with van der Waals surface area (Å²) < 4.78 is 5.54. The van der Waals surface area contributed by atoms with Crippen molar-refractivity contribution < 1.29 is 9.53 Å². The lowest BCUT2D eigenvalue weighted by Crippen LogP contribution is -2.62. The van der Waals surface area contributed by atoms with Crippen LogP contribution in [0.1, 0.15) is 54.4 Å². The fraction of sp³-hybridized carbons (Fsp3) is 0.778. The molecular formula is C18H29N5O2. The number of carbonyl (C=O) groups excluding carboxylic acids is 1. The summed E-state index contributed by atoms with van der Waals surface area (Å²) in [5.41, 5.74) is 2.75. The molecule has 0 spiro atoms. The molecule has 25 heavy (non-hydrogen) atoms. The molecule has 7 nitrogen and oxygen atoms in total. The molecule has 1 unspecified atom stereocenters. The summed E-state index contributed by atoms with van der Waals surface area (Å²) in [5.74, 6) is -0.0479. The van der Waals surface area contributed by atoms with Crippen molar-refractivity contribution in [3.63, 3.8) is 0 Å². The summed E-state index contributed by atoms with van der Waals surface area (Å²) in [4.78, 5) is 15.5. The Labute approximate surface area is 148 Å². The fourth-order valence-electron chi connectivity index (χ4n) is 4.83. The predicted molar refractivity (Wildman–Crippen MR) is 94.5 cm³/mol. The summed E-state index contributed by atoms with van der Waals surface area (Å²) in [5, 5.41) is 14.0. The van der Waals surface area contributed by atoms with Crippen molar-refractivity contribution in [1.29, 1.82) is 0 Å². The number of aromatic amines is 1. The van der Waals surface area contributed by atoms with Gasteiger partial charge in [0, 0.05) is 55.4 Å². The van der Waals surface area contributed by atoms with Crippen molar-refractivity contribution in [1.82, 2.24) is 25.7 Å². The Morgan fingerprint density at radius 1 is 1.32 bits per heavy atom. The summed E-state index contributed by atoms with van der Waals surface area (Å²) in [6.07, 6.45) is 5.67. The summed E-state index contributed by atoms with van der Waals surface area (Å²) in [7, 11) is 0. The lowest BCUT2D eigenvalue weighted by atomic mass is 9.86. The van der Waals surface area contributed by atoms with Crippen LogP contribution in [0.2, 0.25) is 0 Å². The summed E-state index contributed by atoms with van der Waals surface area (Å²) >= 11 is 0. The van der Waals surface area contributed by atoms with E-state index in [-0.39, 0.29) is 17.5 Å². The lowest BCUT2D eigenvalue weighted by Gasteiger charge is -2.47. The van der Waals surface area contributed by atoms with Crippen LogP contribution in [0.15, 0.2) is 0 Å². The number of fused-ring (bicyclic) bond motifs is 1. The SMILES string of the molecule is CC(NC(=O)c1n[nH]c2c1CNCC2)C1(N2CCOCC2)CCCC1. The van der Waals surface area contributed by atoms with Gasteiger partial charge in [0.1, 0.15) is 0 Å². The molecule has 0 radical (unpaired) electrons. The average molecular weight is 347 g/mol. The zero-order chi connectivity index (χ0) is 17.3. The molecule has 3 aliphatic rings. The largest absolute Gasteiger partial charge is 0.379 e. The molecule has 2 fully saturated rings. The van der Waals surface area contributed by atoms with Gasteiger partial charge >= 0.3 is 0 Å². The van der Waals surface area contributed by atoms with Gasteiger partial charge in [0.15, 0.2) is 5.69 Å². The minimum atomic E-state index is -0.0479. The predicted octanol–water partition coefficient (Wildman–Crippen LogP) is 0.819. The third-order valence-electron chi connectivity index (χ3n) is 6.29. The maximum Gasteiger partial charge on any atom is 0.272 e. The molecule has 4 rings (SSSR count). The van der Waals surface area contributed by atoms with Gasteiger partial charge in [0.05, 0.1) is 13.2 Å². The minimum absolute atomic E-state index is 0.0479. The second kappa shape index (κ2) is 7.05. The van der Waals surface area contributed by atoms with Crippen molar-refractivity contribution in [2.45, 2.75) is 57.2 Å². The van der Waals surface area contributed by atoms with Crippen LogP contribution >= 0.6 is 0 Å². The third-order valence-corrected chi connectivity index (χ3v) is 6.29. The van der Waals surface area contributed by atoms with E-state index in [4.69, 9.17) is 4.74 Å². The number of ether oxygens (including phenoxy) is 1. The van der Waals surface area contributed by atoms with E-state index in [1.807, 2.05) is 0 Å². The van der Waals surface area contributed by atoms with Crippen molar-refractivity contribution in [3.05, 3.63) is 17.0 Å². The molecule has 7 heteroatoms. The number of hydrogen-bond donors (Lipinski definition) is 3. The zero-order valence-corrected chi connectivity index (χ0v) is 15.1. The molecule has 0 bridgehead atoms. The molecule has 138 valence electrons. The van der Waals surface area contributed by atoms with E-state index < -0.39 is 0 Å². The second-order valence-corrected chi connectivity index (χ2v) is 7.56. The molecule has 1 atom stereocenters. The van der Waals surface area contributed by atoms with Crippen LogP contribution in [0.5, 0.6) is 0 Å². The Kier molecular flexibility index (Phi) is 4.80. The highest BCUT2D eigenvalue weighted by Gasteiger charge is 2.45. The number of amides is 1. The van der Waals surface area contributed by atoms with Crippen LogP contribution in [-0.2, 0) is 17.7 Å². The molecule has 2 aliphatic heterocycles. The van der Waals surface area contributed by atoms with Gasteiger partial charge in [-0.1, -0.05) is 12.8 Å². The maximum atomic E-state index is 12.9. The monoisotopic (exact) mass is 347 g/mol. The normalized spacial score (nSPS) is 24.7. The number of rotatable bonds is 4. The van der Waals surface area contributed by atoms with E-state index >= 15 is 0 Å². The smallest absolute Gasteiger partial charge is 0.272 e. The van der Waals surface area contributed by atoms with Crippen molar-refractivity contribution in [3.8, 4) is 0 Å². The van der Waals surface area contributed by atoms with Crippen LogP contribution in [0.3, 0.4) is 0 Å². The topological polar surface area (TPSA) is 82.3 Å². The summed E-state index contributed by atoms with van der Waals surface area (Å²) in [6.45, 7) is 7.33. The number of H-pyrrole nitrogens is 1. The molecule has 3 heterocycles. The number of nitrogens with zero attached hydrogens (tertiary/aromatic N) is 2. The second-order valence-electron chi connectivity index (χ2n) is 7.56. The van der Waals surface area contributed by atoms with Gasteiger partial charge < -0.3 is 15.4 Å². The molecule has 1 saturated heterocycles. The van der Waals surface area contributed by atoms with Gasteiger partial charge in [0.2, 0.25) is 0 Å². The Bertz CT molecular complexity index is 617. The van der Waals surface area contributed by atoms with E-state index in [9.17, 15) is 4.79 Å². The van der Waals surface area contributed by atoms with Gasteiger partial charge in [-0.05, 0) is 19.8 Å². The number of carbonyl (C=O) groups is 1. The van der Waals surface area contributed by atoms with Gasteiger partial charge in [-0.2, -0.15) is 5.10 Å². The van der Waals surface area contributed by atoms with Crippen LogP contribution in [0, 0.1) is 0 Å². The van der Waals surface area contributed by atoms with Gasteiger partial charge in [-0.15, -0.1) is 0 Å². The highest BCUT2D eigenvalue weighted by Crippen LogP contribution is 2.38. The third kappa shape index (κ3) is 3.09. The molecule has 1 aromatic rings. The number of aromatic nitrogens is 2. The van der Waals surface area contributed by atoms with Crippen LogP contribution in [-0.4, -0.2) is 65.4 Å². The number of morpholine rings is 1. The minimum Gasteiger partial charge on any atom is -0.379 e. The average Bonchev–Trinajstić information content (AvgIpc) is 3.30. The van der Waals surface area contributed by atoms with E-state index in [2.05, 4.69) is 32.7 Å². The van der Waals surface area contributed by atoms with Gasteiger partial charge in [-0.3, -0.25) is 14.8 Å². The highest BCUT2D eigenvalue weighted by atomic mass is 16.5. The fourth-order valence-corrected chi connectivity index (χ4v) is 4.83. The lowest BCUT2D eigenvalue weighted by molar-refractivity contribution is -0.0323. The molecule has 1 aliphatic carbocycles. The first kappa shape index (κ1) is 17.0. The quantitative estimate of drug-likeness (QED) is 0.751. The number of nitrogens with one attached hydrogen (secondary N) is 3. The van der Waals surface area contributed by atoms with E-state index in [0.717, 1.165) is 69.9 Å². The zero-order valence-electron chi connectivity index (χ0n) is 15.1.